The van der Waals surface area contributed by atoms with Gasteiger partial charge in [0.05, 0.1) is 4.75 Å². The second-order valence-corrected chi connectivity index (χ2v) is 8.56. The average molecular weight is 373 g/mol. The summed E-state index contributed by atoms with van der Waals surface area (Å²) in [5, 5.41) is 13.3. The molecular formula is C18H20N4OS2. The highest BCUT2D eigenvalue weighted by atomic mass is 32.2. The first kappa shape index (κ1) is 17.7. The first-order valence-corrected chi connectivity index (χ1v) is 9.60. The number of amides is 1. The van der Waals surface area contributed by atoms with Crippen molar-refractivity contribution < 1.29 is 4.79 Å². The molecule has 0 saturated carbocycles. The lowest BCUT2D eigenvalue weighted by Gasteiger charge is -2.28. The number of carbonyl (C=O) groups excluding carboxylic acids is 1. The van der Waals surface area contributed by atoms with Crippen molar-refractivity contribution in [3.05, 3.63) is 47.2 Å². The van der Waals surface area contributed by atoms with Crippen LogP contribution in [0, 0.1) is 0 Å². The molecule has 0 bridgehead atoms. The molecule has 1 aromatic carbocycles. The van der Waals surface area contributed by atoms with E-state index in [4.69, 9.17) is 0 Å². The highest BCUT2D eigenvalue weighted by Crippen LogP contribution is 2.35. The lowest BCUT2D eigenvalue weighted by Crippen LogP contribution is -2.41. The molecule has 0 spiro atoms. The minimum absolute atomic E-state index is 0.0174. The average Bonchev–Trinajstić information content (AvgIpc) is 3.25. The summed E-state index contributed by atoms with van der Waals surface area (Å²) < 4.78 is 1.27. The van der Waals surface area contributed by atoms with Crippen molar-refractivity contribution in [2.75, 3.05) is 11.9 Å². The van der Waals surface area contributed by atoms with Gasteiger partial charge in [0, 0.05) is 30.7 Å². The van der Waals surface area contributed by atoms with Gasteiger partial charge in [-0.15, -0.1) is 10.2 Å². The molecule has 1 amide bonds. The maximum Gasteiger partial charge on any atom is 0.242 e. The summed E-state index contributed by atoms with van der Waals surface area (Å²) >= 11 is 3.05. The molecule has 0 aliphatic carbocycles. The van der Waals surface area contributed by atoms with Gasteiger partial charge in [0.25, 0.3) is 0 Å². The monoisotopic (exact) mass is 372 g/mol. The van der Waals surface area contributed by atoms with E-state index in [1.165, 1.54) is 11.8 Å². The van der Waals surface area contributed by atoms with Crippen molar-refractivity contribution in [3.63, 3.8) is 0 Å². The third-order valence-electron chi connectivity index (χ3n) is 3.92. The minimum atomic E-state index is -0.669. The molecule has 25 heavy (non-hydrogen) atoms. The lowest BCUT2D eigenvalue weighted by atomic mass is 10.1. The molecule has 0 fully saturated rings. The van der Waals surface area contributed by atoms with Crippen molar-refractivity contribution in [2.24, 2.45) is 7.05 Å². The van der Waals surface area contributed by atoms with Crippen molar-refractivity contribution in [2.45, 2.75) is 23.8 Å². The number of para-hydroxylation sites is 1. The number of thioether (sulfide) groups is 1. The highest BCUT2D eigenvalue weighted by molar-refractivity contribution is 8.01. The molecule has 0 unspecified atom stereocenters. The Hall–Kier alpha value is -2.12. The zero-order valence-corrected chi connectivity index (χ0v) is 16.3. The molecule has 0 aliphatic heterocycles. The third-order valence-corrected chi connectivity index (χ3v) is 5.83. The predicted molar refractivity (Wildman–Crippen MR) is 104 cm³/mol. The summed E-state index contributed by atoms with van der Waals surface area (Å²) in [6, 6.07) is 11.7. The van der Waals surface area contributed by atoms with Crippen LogP contribution < -0.4 is 4.90 Å². The molecule has 3 aromatic rings. The van der Waals surface area contributed by atoms with Gasteiger partial charge in [0.1, 0.15) is 0 Å². The van der Waals surface area contributed by atoms with E-state index in [1.54, 1.807) is 23.3 Å². The van der Waals surface area contributed by atoms with E-state index in [2.05, 4.69) is 10.2 Å². The number of rotatable bonds is 5. The van der Waals surface area contributed by atoms with Gasteiger partial charge in [-0.3, -0.25) is 4.79 Å². The van der Waals surface area contributed by atoms with Crippen molar-refractivity contribution in [1.29, 1.82) is 0 Å². The van der Waals surface area contributed by atoms with Gasteiger partial charge in [-0.1, -0.05) is 30.0 Å². The lowest BCUT2D eigenvalue weighted by molar-refractivity contribution is -0.119. The molecule has 3 rings (SSSR count). The van der Waals surface area contributed by atoms with Crippen LogP contribution in [-0.4, -0.2) is 32.5 Å². The van der Waals surface area contributed by atoms with Crippen LogP contribution in [0.1, 0.15) is 13.8 Å². The van der Waals surface area contributed by atoms with Gasteiger partial charge in [0.15, 0.2) is 11.0 Å². The van der Waals surface area contributed by atoms with Crippen LogP contribution in [0.5, 0.6) is 0 Å². The molecule has 0 aliphatic rings. The first-order valence-electron chi connectivity index (χ1n) is 7.84. The van der Waals surface area contributed by atoms with Crippen LogP contribution >= 0.6 is 23.1 Å². The van der Waals surface area contributed by atoms with Gasteiger partial charge in [0.2, 0.25) is 5.91 Å². The summed E-state index contributed by atoms with van der Waals surface area (Å²) in [5.74, 6) is 0.826. The first-order chi connectivity index (χ1) is 11.9. The molecule has 0 N–H and O–H groups in total. The van der Waals surface area contributed by atoms with Gasteiger partial charge >= 0.3 is 0 Å². The van der Waals surface area contributed by atoms with E-state index >= 15 is 0 Å². The van der Waals surface area contributed by atoms with Crippen LogP contribution in [0.25, 0.3) is 11.4 Å². The van der Waals surface area contributed by atoms with E-state index in [9.17, 15) is 4.79 Å². The molecule has 130 valence electrons. The number of nitrogens with zero attached hydrogens (tertiary/aromatic N) is 4. The van der Waals surface area contributed by atoms with E-state index in [1.807, 2.05) is 72.6 Å². The fourth-order valence-electron chi connectivity index (χ4n) is 2.49. The number of benzene rings is 1. The van der Waals surface area contributed by atoms with E-state index in [0.29, 0.717) is 0 Å². The SMILES string of the molecule is CN(C(=O)C(C)(C)Sc1nnc(-c2ccsc2)n1C)c1ccccc1. The summed E-state index contributed by atoms with van der Waals surface area (Å²) in [7, 11) is 3.73. The van der Waals surface area contributed by atoms with Gasteiger partial charge in [-0.05, 0) is 37.4 Å². The second-order valence-electron chi connectivity index (χ2n) is 6.19. The Labute approximate surface area is 155 Å². The Morgan fingerprint density at radius 1 is 1.20 bits per heavy atom. The Morgan fingerprint density at radius 3 is 2.56 bits per heavy atom. The number of anilines is 1. The number of aromatic nitrogens is 3. The Kier molecular flexibility index (Phi) is 4.96. The fraction of sp³-hybridized carbons (Fsp3) is 0.278. The van der Waals surface area contributed by atoms with Crippen LogP contribution in [0.2, 0.25) is 0 Å². The normalized spacial score (nSPS) is 11.5. The molecular weight excluding hydrogens is 352 g/mol. The second kappa shape index (κ2) is 7.01. The number of thiophene rings is 1. The van der Waals surface area contributed by atoms with Crippen molar-refractivity contribution in [1.82, 2.24) is 14.8 Å². The van der Waals surface area contributed by atoms with Crippen LogP contribution in [-0.2, 0) is 11.8 Å². The van der Waals surface area contributed by atoms with Crippen molar-refractivity contribution in [3.8, 4) is 11.4 Å². The summed E-state index contributed by atoms with van der Waals surface area (Å²) in [6.45, 7) is 3.83. The quantitative estimate of drug-likeness (QED) is 0.633. The van der Waals surface area contributed by atoms with Crippen LogP contribution in [0.3, 0.4) is 0 Å². The molecule has 5 nitrogen and oxygen atoms in total. The summed E-state index contributed by atoms with van der Waals surface area (Å²) in [5.41, 5.74) is 1.91. The van der Waals surface area contributed by atoms with E-state index in [0.717, 1.165) is 22.2 Å². The van der Waals surface area contributed by atoms with Gasteiger partial charge in [-0.2, -0.15) is 11.3 Å². The third kappa shape index (κ3) is 3.62. The van der Waals surface area contributed by atoms with E-state index < -0.39 is 4.75 Å². The maximum atomic E-state index is 13.0. The Balaban J connectivity index is 1.81. The predicted octanol–water partition coefficient (Wildman–Crippen LogP) is 4.08. The number of carbonyl (C=O) groups is 1. The number of hydrogen-bond acceptors (Lipinski definition) is 5. The number of hydrogen-bond donors (Lipinski definition) is 0. The fourth-order valence-corrected chi connectivity index (χ4v) is 4.11. The summed E-state index contributed by atoms with van der Waals surface area (Å²) in [6.07, 6.45) is 0. The van der Waals surface area contributed by atoms with E-state index in [-0.39, 0.29) is 5.91 Å². The zero-order valence-electron chi connectivity index (χ0n) is 14.6. The zero-order chi connectivity index (χ0) is 18.0. The van der Waals surface area contributed by atoms with Crippen molar-refractivity contribution >= 4 is 34.7 Å². The molecule has 2 heterocycles. The molecule has 7 heteroatoms. The highest BCUT2D eigenvalue weighted by Gasteiger charge is 2.34. The summed E-state index contributed by atoms with van der Waals surface area (Å²) in [4.78, 5) is 14.6. The Bertz CT molecular complexity index is 857. The smallest absolute Gasteiger partial charge is 0.242 e. The minimum Gasteiger partial charge on any atom is -0.314 e. The largest absolute Gasteiger partial charge is 0.314 e. The maximum absolute atomic E-state index is 13.0. The Morgan fingerprint density at radius 2 is 1.92 bits per heavy atom. The molecule has 2 aromatic heterocycles. The van der Waals surface area contributed by atoms with Gasteiger partial charge in [-0.25, -0.2) is 0 Å². The van der Waals surface area contributed by atoms with Crippen LogP contribution in [0.15, 0.2) is 52.3 Å². The topological polar surface area (TPSA) is 51.0 Å². The standard InChI is InChI=1S/C18H20N4OS2/c1-18(2,16(23)21(3)14-8-6-5-7-9-14)25-17-20-19-15(22(17)4)13-10-11-24-12-13/h5-12H,1-4H3. The van der Waals surface area contributed by atoms with Gasteiger partial charge < -0.3 is 9.47 Å². The molecule has 0 saturated heterocycles. The molecule has 0 atom stereocenters. The molecule has 0 radical (unpaired) electrons. The van der Waals surface area contributed by atoms with Crippen LogP contribution in [0.4, 0.5) is 5.69 Å².